The number of H-pyrrole nitrogens is 1. The van der Waals surface area contributed by atoms with Crippen LogP contribution in [0.15, 0.2) is 6.20 Å². The lowest BCUT2D eigenvalue weighted by molar-refractivity contribution is 0.0944. The number of aromatic nitrogens is 2. The van der Waals surface area contributed by atoms with Crippen molar-refractivity contribution in [2.75, 3.05) is 17.2 Å². The fraction of sp³-hybridized carbons (Fsp3) is 0.556. The summed E-state index contributed by atoms with van der Waals surface area (Å²) >= 11 is 1.79. The molecule has 1 aromatic rings. The highest BCUT2D eigenvalue weighted by atomic mass is 32.2. The topological polar surface area (TPSA) is 83.8 Å². The van der Waals surface area contributed by atoms with Crippen LogP contribution >= 0.6 is 11.8 Å². The van der Waals surface area contributed by atoms with Gasteiger partial charge in [-0.2, -0.15) is 16.9 Å². The second-order valence-electron chi connectivity index (χ2n) is 3.23. The Kier molecular flexibility index (Phi) is 4.48. The van der Waals surface area contributed by atoms with Gasteiger partial charge in [0, 0.05) is 11.8 Å². The van der Waals surface area contributed by atoms with E-state index in [4.69, 9.17) is 5.73 Å². The molecule has 1 amide bonds. The van der Waals surface area contributed by atoms with Crippen molar-refractivity contribution in [1.82, 2.24) is 15.5 Å². The van der Waals surface area contributed by atoms with Crippen molar-refractivity contribution in [3.05, 3.63) is 11.8 Å². The molecule has 6 heteroatoms. The molecule has 0 saturated heterocycles. The molecule has 15 heavy (non-hydrogen) atoms. The quantitative estimate of drug-likeness (QED) is 0.698. The van der Waals surface area contributed by atoms with Crippen LogP contribution in [-0.2, 0) is 0 Å². The molecule has 0 radical (unpaired) electrons. The minimum atomic E-state index is -0.176. The van der Waals surface area contributed by atoms with Crippen LogP contribution in [0.1, 0.15) is 24.2 Å². The Hall–Kier alpha value is -1.17. The first kappa shape index (κ1) is 11.9. The number of aromatic amines is 1. The van der Waals surface area contributed by atoms with Gasteiger partial charge in [-0.1, -0.05) is 6.92 Å². The molecule has 5 nitrogen and oxygen atoms in total. The molecular weight excluding hydrogens is 212 g/mol. The van der Waals surface area contributed by atoms with Crippen LogP contribution in [0.3, 0.4) is 0 Å². The molecule has 0 saturated carbocycles. The summed E-state index contributed by atoms with van der Waals surface area (Å²) in [5.74, 6) is 2.09. The molecule has 4 N–H and O–H groups in total. The monoisotopic (exact) mass is 228 g/mol. The van der Waals surface area contributed by atoms with E-state index < -0.39 is 0 Å². The Morgan fingerprint density at radius 1 is 1.80 bits per heavy atom. The van der Waals surface area contributed by atoms with Gasteiger partial charge in [0.2, 0.25) is 0 Å². The summed E-state index contributed by atoms with van der Waals surface area (Å²) in [6, 6.07) is 0.136. The average molecular weight is 228 g/mol. The first-order valence-corrected chi connectivity index (χ1v) is 5.98. The van der Waals surface area contributed by atoms with Crippen LogP contribution in [0.25, 0.3) is 0 Å². The first-order chi connectivity index (χ1) is 7.15. The van der Waals surface area contributed by atoms with E-state index in [9.17, 15) is 4.79 Å². The van der Waals surface area contributed by atoms with E-state index in [0.29, 0.717) is 11.4 Å². The largest absolute Gasteiger partial charge is 0.383 e. The van der Waals surface area contributed by atoms with E-state index in [2.05, 4.69) is 22.4 Å². The molecule has 84 valence electrons. The number of nitrogens with one attached hydrogen (secondary N) is 2. The SMILES string of the molecule is CCSCC(C)NC(=O)c1cn[nH]c1N. The van der Waals surface area contributed by atoms with Gasteiger partial charge in [-0.05, 0) is 12.7 Å². The van der Waals surface area contributed by atoms with Crippen LogP contribution < -0.4 is 11.1 Å². The zero-order valence-corrected chi connectivity index (χ0v) is 9.73. The number of hydrogen-bond donors (Lipinski definition) is 3. The number of nitrogens with two attached hydrogens (primary N) is 1. The highest BCUT2D eigenvalue weighted by Crippen LogP contribution is 2.07. The van der Waals surface area contributed by atoms with Gasteiger partial charge in [0.1, 0.15) is 11.4 Å². The smallest absolute Gasteiger partial charge is 0.256 e. The minimum absolute atomic E-state index is 0.136. The van der Waals surface area contributed by atoms with Crippen molar-refractivity contribution in [1.29, 1.82) is 0 Å². The van der Waals surface area contributed by atoms with Crippen molar-refractivity contribution in [2.24, 2.45) is 0 Å². The van der Waals surface area contributed by atoms with Gasteiger partial charge in [-0.25, -0.2) is 0 Å². The predicted molar refractivity (Wildman–Crippen MR) is 62.9 cm³/mol. The molecule has 0 aliphatic heterocycles. The van der Waals surface area contributed by atoms with Crippen LogP contribution in [0.2, 0.25) is 0 Å². The molecule has 0 spiro atoms. The zero-order chi connectivity index (χ0) is 11.3. The normalized spacial score (nSPS) is 12.4. The van der Waals surface area contributed by atoms with E-state index in [1.165, 1.54) is 6.20 Å². The van der Waals surface area contributed by atoms with Crippen LogP contribution in [0.5, 0.6) is 0 Å². The standard InChI is InChI=1S/C9H16N4OS/c1-3-15-5-6(2)12-9(14)7-4-11-13-8(7)10/h4,6H,3,5H2,1-2H3,(H,12,14)(H3,10,11,13). The fourth-order valence-corrected chi connectivity index (χ4v) is 1.79. The number of thioether (sulfide) groups is 1. The van der Waals surface area contributed by atoms with Crippen molar-refractivity contribution in [3.8, 4) is 0 Å². The molecular formula is C9H16N4OS. The van der Waals surface area contributed by atoms with E-state index in [1.54, 1.807) is 11.8 Å². The molecule has 1 rings (SSSR count). The molecule has 1 aromatic heterocycles. The maximum atomic E-state index is 11.6. The molecule has 1 heterocycles. The van der Waals surface area contributed by atoms with E-state index in [0.717, 1.165) is 11.5 Å². The third kappa shape index (κ3) is 3.47. The number of nitrogen functional groups attached to an aromatic ring is 1. The molecule has 0 aliphatic carbocycles. The Balaban J connectivity index is 2.46. The lowest BCUT2D eigenvalue weighted by Gasteiger charge is -2.12. The average Bonchev–Trinajstić information content (AvgIpc) is 2.61. The summed E-state index contributed by atoms with van der Waals surface area (Å²) in [7, 11) is 0. The van der Waals surface area contributed by atoms with Crippen molar-refractivity contribution in [3.63, 3.8) is 0 Å². The van der Waals surface area contributed by atoms with Crippen molar-refractivity contribution in [2.45, 2.75) is 19.9 Å². The minimum Gasteiger partial charge on any atom is -0.383 e. The lowest BCUT2D eigenvalue weighted by Crippen LogP contribution is -2.34. The Labute approximate surface area is 93.2 Å². The second kappa shape index (κ2) is 5.65. The van der Waals surface area contributed by atoms with Crippen LogP contribution in [-0.4, -0.2) is 33.7 Å². The Morgan fingerprint density at radius 3 is 3.07 bits per heavy atom. The van der Waals surface area contributed by atoms with Crippen molar-refractivity contribution >= 4 is 23.5 Å². The van der Waals surface area contributed by atoms with Crippen molar-refractivity contribution < 1.29 is 4.79 Å². The summed E-state index contributed by atoms with van der Waals surface area (Å²) < 4.78 is 0. The molecule has 1 unspecified atom stereocenters. The van der Waals surface area contributed by atoms with Gasteiger partial charge in [-0.3, -0.25) is 9.89 Å². The molecule has 0 aromatic carbocycles. The summed E-state index contributed by atoms with van der Waals surface area (Å²) in [6.07, 6.45) is 1.43. The Bertz CT molecular complexity index is 326. The number of rotatable bonds is 5. The lowest BCUT2D eigenvalue weighted by atomic mass is 10.3. The van der Waals surface area contributed by atoms with Crippen LogP contribution in [0.4, 0.5) is 5.82 Å². The summed E-state index contributed by atoms with van der Waals surface area (Å²) in [4.78, 5) is 11.6. The van der Waals surface area contributed by atoms with Gasteiger partial charge in [0.25, 0.3) is 5.91 Å². The van der Waals surface area contributed by atoms with E-state index in [1.807, 2.05) is 6.92 Å². The fourth-order valence-electron chi connectivity index (χ4n) is 1.11. The number of carbonyl (C=O) groups is 1. The van der Waals surface area contributed by atoms with Gasteiger partial charge >= 0.3 is 0 Å². The van der Waals surface area contributed by atoms with Gasteiger partial charge in [0.05, 0.1) is 6.20 Å². The highest BCUT2D eigenvalue weighted by molar-refractivity contribution is 7.99. The van der Waals surface area contributed by atoms with E-state index in [-0.39, 0.29) is 11.9 Å². The zero-order valence-electron chi connectivity index (χ0n) is 8.91. The third-order valence-electron chi connectivity index (χ3n) is 1.86. The second-order valence-corrected chi connectivity index (χ2v) is 4.55. The van der Waals surface area contributed by atoms with Gasteiger partial charge < -0.3 is 11.1 Å². The number of nitrogens with zero attached hydrogens (tertiary/aromatic N) is 1. The first-order valence-electron chi connectivity index (χ1n) is 4.82. The van der Waals surface area contributed by atoms with Gasteiger partial charge in [-0.15, -0.1) is 0 Å². The maximum absolute atomic E-state index is 11.6. The number of anilines is 1. The van der Waals surface area contributed by atoms with Crippen LogP contribution in [0, 0.1) is 0 Å². The molecule has 1 atom stereocenters. The Morgan fingerprint density at radius 2 is 2.53 bits per heavy atom. The molecule has 0 bridgehead atoms. The summed E-state index contributed by atoms with van der Waals surface area (Å²) in [6.45, 7) is 4.06. The molecule has 0 fully saturated rings. The van der Waals surface area contributed by atoms with E-state index >= 15 is 0 Å². The third-order valence-corrected chi connectivity index (χ3v) is 3.01. The number of amides is 1. The molecule has 0 aliphatic rings. The van der Waals surface area contributed by atoms with Gasteiger partial charge in [0.15, 0.2) is 0 Å². The number of carbonyl (C=O) groups excluding carboxylic acids is 1. The number of hydrogen-bond acceptors (Lipinski definition) is 4. The summed E-state index contributed by atoms with van der Waals surface area (Å²) in [5, 5.41) is 9.08. The maximum Gasteiger partial charge on any atom is 0.256 e. The summed E-state index contributed by atoms with van der Waals surface area (Å²) in [5.41, 5.74) is 5.94. The highest BCUT2D eigenvalue weighted by Gasteiger charge is 2.13. The predicted octanol–water partition coefficient (Wildman–Crippen LogP) is 0.863.